The molecule has 1 heteroatoms. The molecule has 0 N–H and O–H groups in total. The van der Waals surface area contributed by atoms with E-state index in [4.69, 9.17) is 4.74 Å². The van der Waals surface area contributed by atoms with Crippen molar-refractivity contribution in [1.82, 2.24) is 0 Å². The van der Waals surface area contributed by atoms with Crippen molar-refractivity contribution < 1.29 is 4.74 Å². The average molecular weight is 605 g/mol. The third-order valence-electron chi connectivity index (χ3n) is 9.85. The lowest BCUT2D eigenvalue weighted by molar-refractivity contribution is 0.488. The summed E-state index contributed by atoms with van der Waals surface area (Å²) < 4.78 is 6.74. The van der Waals surface area contributed by atoms with E-state index in [-0.39, 0.29) is 0 Å². The molecule has 0 saturated carbocycles. The van der Waals surface area contributed by atoms with Crippen LogP contribution in [0.4, 0.5) is 0 Å². The van der Waals surface area contributed by atoms with Crippen LogP contribution in [0, 0.1) is 27.7 Å². The normalized spacial score (nSPS) is 11.6. The molecule has 0 radical (unpaired) electrons. The summed E-state index contributed by atoms with van der Waals surface area (Å²) in [5.41, 5.74) is 19.6. The Bertz CT molecular complexity index is 2160. The van der Waals surface area contributed by atoms with Crippen LogP contribution in [0.5, 0.6) is 11.5 Å². The van der Waals surface area contributed by atoms with Crippen molar-refractivity contribution in [1.29, 1.82) is 0 Å². The minimum Gasteiger partial charge on any atom is -0.456 e. The van der Waals surface area contributed by atoms with Crippen molar-refractivity contribution in [3.8, 4) is 78.3 Å². The van der Waals surface area contributed by atoms with Gasteiger partial charge in [-0.3, -0.25) is 0 Å². The first kappa shape index (κ1) is 28.8. The lowest BCUT2D eigenvalue weighted by Crippen LogP contribution is -1.92. The highest BCUT2D eigenvalue weighted by molar-refractivity contribution is 5.94. The Kier molecular flexibility index (Phi) is 7.11. The molecule has 0 atom stereocenters. The molecule has 1 aliphatic heterocycles. The van der Waals surface area contributed by atoms with Crippen LogP contribution >= 0.6 is 0 Å². The quantitative estimate of drug-likeness (QED) is 0.194. The van der Waals surface area contributed by atoms with Crippen molar-refractivity contribution in [2.24, 2.45) is 0 Å². The maximum atomic E-state index is 6.74. The van der Waals surface area contributed by atoms with Gasteiger partial charge in [0.1, 0.15) is 11.5 Å². The van der Waals surface area contributed by atoms with Gasteiger partial charge in [0.25, 0.3) is 0 Å². The summed E-state index contributed by atoms with van der Waals surface area (Å²) in [5.74, 6) is 1.75. The van der Waals surface area contributed by atoms with Crippen molar-refractivity contribution >= 4 is 0 Å². The van der Waals surface area contributed by atoms with Gasteiger partial charge in [-0.15, -0.1) is 0 Å². The molecule has 7 aromatic carbocycles. The van der Waals surface area contributed by atoms with E-state index in [2.05, 4.69) is 173 Å². The number of hydrogen-bond acceptors (Lipinski definition) is 1. The zero-order chi connectivity index (χ0) is 32.1. The Labute approximate surface area is 277 Å². The predicted octanol–water partition coefficient (Wildman–Crippen LogP) is 13.0. The fourth-order valence-corrected chi connectivity index (χ4v) is 7.30. The van der Waals surface area contributed by atoms with Gasteiger partial charge in [-0.25, -0.2) is 0 Å². The molecule has 0 bridgehead atoms. The van der Waals surface area contributed by atoms with Crippen molar-refractivity contribution in [3.05, 3.63) is 168 Å². The maximum absolute atomic E-state index is 6.74. The van der Waals surface area contributed by atoms with Crippen LogP contribution in [0.1, 0.15) is 22.3 Å². The molecule has 8 rings (SSSR count). The molecule has 0 amide bonds. The fraction of sp³-hybridized carbons (Fsp3) is 0.0870. The van der Waals surface area contributed by atoms with Crippen molar-refractivity contribution in [2.45, 2.75) is 27.7 Å². The Morgan fingerprint density at radius 1 is 0.298 bits per heavy atom. The molecule has 0 aromatic heterocycles. The van der Waals surface area contributed by atoms with Crippen LogP contribution in [0.25, 0.3) is 66.8 Å². The molecule has 1 aliphatic rings. The Morgan fingerprint density at radius 2 is 0.660 bits per heavy atom. The third kappa shape index (κ3) is 4.96. The molecule has 47 heavy (non-hydrogen) atoms. The molecular formula is C46H36O. The highest BCUT2D eigenvalue weighted by Gasteiger charge is 2.23. The predicted molar refractivity (Wildman–Crippen MR) is 198 cm³/mol. The molecule has 1 heterocycles. The second-order valence-corrected chi connectivity index (χ2v) is 12.7. The molecule has 0 saturated heterocycles. The molecule has 0 unspecified atom stereocenters. The van der Waals surface area contributed by atoms with Gasteiger partial charge in [0.15, 0.2) is 0 Å². The first-order valence-electron chi connectivity index (χ1n) is 16.4. The fourth-order valence-electron chi connectivity index (χ4n) is 7.30. The largest absolute Gasteiger partial charge is 0.456 e. The van der Waals surface area contributed by atoms with Crippen LogP contribution in [0.15, 0.2) is 146 Å². The minimum atomic E-state index is 0.873. The average Bonchev–Trinajstić information content (AvgIpc) is 3.23. The topological polar surface area (TPSA) is 9.23 Å². The van der Waals surface area contributed by atoms with Crippen LogP contribution < -0.4 is 4.74 Å². The van der Waals surface area contributed by atoms with Gasteiger partial charge < -0.3 is 4.74 Å². The van der Waals surface area contributed by atoms with Crippen LogP contribution in [-0.2, 0) is 0 Å². The van der Waals surface area contributed by atoms with Gasteiger partial charge in [-0.05, 0) is 130 Å². The van der Waals surface area contributed by atoms with E-state index in [1.165, 1.54) is 77.9 Å². The van der Waals surface area contributed by atoms with E-state index >= 15 is 0 Å². The van der Waals surface area contributed by atoms with E-state index in [9.17, 15) is 0 Å². The van der Waals surface area contributed by atoms with Crippen LogP contribution in [0.2, 0.25) is 0 Å². The smallest absolute Gasteiger partial charge is 0.135 e. The van der Waals surface area contributed by atoms with E-state index in [1.54, 1.807) is 0 Å². The number of aryl methyl sites for hydroxylation is 2. The number of ether oxygens (including phenoxy) is 1. The van der Waals surface area contributed by atoms with Crippen LogP contribution in [-0.4, -0.2) is 0 Å². The van der Waals surface area contributed by atoms with Gasteiger partial charge >= 0.3 is 0 Å². The zero-order valence-electron chi connectivity index (χ0n) is 27.3. The monoisotopic (exact) mass is 604 g/mol. The Morgan fingerprint density at radius 3 is 1.09 bits per heavy atom. The number of hydrogen-bond donors (Lipinski definition) is 0. The minimum absolute atomic E-state index is 0.873. The van der Waals surface area contributed by atoms with Gasteiger partial charge in [0, 0.05) is 11.1 Å². The molecule has 7 aromatic rings. The first-order chi connectivity index (χ1) is 23.0. The molecule has 0 aliphatic carbocycles. The number of fused-ring (bicyclic) bond motifs is 5. The lowest BCUT2D eigenvalue weighted by atomic mass is 9.88. The standard InChI is InChI=1S/C46H36O/c1-29-13-5-7-15-35(29)39-21-11-19-37(31(39)3)33-23-25-45-43(27-33)41-17-9-10-18-42(41)44-28-34(24-26-46(44)47-45)38-20-12-22-40(32(38)4)36-16-8-6-14-30(36)2/h5-28H,1-4H3. The molecule has 0 spiro atoms. The Hall–Kier alpha value is -5.66. The highest BCUT2D eigenvalue weighted by atomic mass is 16.5. The number of rotatable bonds is 4. The zero-order valence-corrected chi connectivity index (χ0v) is 27.3. The summed E-state index contributed by atoms with van der Waals surface area (Å²) in [6.07, 6.45) is 0. The summed E-state index contributed by atoms with van der Waals surface area (Å²) in [6.45, 7) is 8.84. The third-order valence-corrected chi connectivity index (χ3v) is 9.85. The number of benzene rings is 7. The van der Waals surface area contributed by atoms with Gasteiger partial charge in [-0.2, -0.15) is 0 Å². The molecular weight excluding hydrogens is 569 g/mol. The van der Waals surface area contributed by atoms with Crippen molar-refractivity contribution in [2.75, 3.05) is 0 Å². The van der Waals surface area contributed by atoms with E-state index in [0.29, 0.717) is 0 Å². The summed E-state index contributed by atoms with van der Waals surface area (Å²) in [5, 5.41) is 0. The maximum Gasteiger partial charge on any atom is 0.135 e. The summed E-state index contributed by atoms with van der Waals surface area (Å²) >= 11 is 0. The van der Waals surface area contributed by atoms with Crippen LogP contribution in [0.3, 0.4) is 0 Å². The first-order valence-corrected chi connectivity index (χ1v) is 16.4. The molecule has 1 nitrogen and oxygen atoms in total. The Balaban J connectivity index is 1.24. The van der Waals surface area contributed by atoms with Crippen molar-refractivity contribution in [3.63, 3.8) is 0 Å². The highest BCUT2D eigenvalue weighted by Crippen LogP contribution is 2.49. The second-order valence-electron chi connectivity index (χ2n) is 12.7. The SMILES string of the molecule is Cc1ccccc1-c1cccc(-c2ccc3c(c2)-c2ccccc2-c2cc(-c4cccc(-c5ccccc5C)c4C)ccc2O3)c1C. The summed E-state index contributed by atoms with van der Waals surface area (Å²) in [6, 6.07) is 52.5. The van der Waals surface area contributed by atoms with Gasteiger partial charge in [0.05, 0.1) is 0 Å². The molecule has 226 valence electrons. The van der Waals surface area contributed by atoms with Gasteiger partial charge in [-0.1, -0.05) is 121 Å². The molecule has 0 fully saturated rings. The second kappa shape index (κ2) is 11.6. The summed E-state index contributed by atoms with van der Waals surface area (Å²) in [7, 11) is 0. The summed E-state index contributed by atoms with van der Waals surface area (Å²) in [4.78, 5) is 0. The van der Waals surface area contributed by atoms with E-state index < -0.39 is 0 Å². The van der Waals surface area contributed by atoms with E-state index in [1.807, 2.05) is 0 Å². The lowest BCUT2D eigenvalue weighted by Gasteiger charge is -2.16. The van der Waals surface area contributed by atoms with E-state index in [0.717, 1.165) is 22.6 Å². The van der Waals surface area contributed by atoms with Gasteiger partial charge in [0.2, 0.25) is 0 Å².